The van der Waals surface area contributed by atoms with Gasteiger partial charge in [0.1, 0.15) is 0 Å². The summed E-state index contributed by atoms with van der Waals surface area (Å²) in [5.41, 5.74) is 5.10. The predicted octanol–water partition coefficient (Wildman–Crippen LogP) is 1.15. The second-order valence-corrected chi connectivity index (χ2v) is 4.40. The molecule has 0 saturated heterocycles. The number of hydrogen-bond acceptors (Lipinski definition) is 3. The van der Waals surface area contributed by atoms with E-state index in [1.165, 1.54) is 6.42 Å². The van der Waals surface area contributed by atoms with E-state index >= 15 is 0 Å². The summed E-state index contributed by atoms with van der Waals surface area (Å²) in [5, 5.41) is 8.83. The topological polar surface area (TPSA) is 55.5 Å². The Kier molecular flexibility index (Phi) is 6.29. The zero-order valence-electron chi connectivity index (χ0n) is 9.05. The van der Waals surface area contributed by atoms with Crippen molar-refractivity contribution < 1.29 is 9.84 Å². The minimum Gasteiger partial charge on any atom is -0.394 e. The summed E-state index contributed by atoms with van der Waals surface area (Å²) in [6, 6.07) is 0. The van der Waals surface area contributed by atoms with E-state index in [0.29, 0.717) is 6.61 Å². The van der Waals surface area contributed by atoms with Crippen molar-refractivity contribution in [3.63, 3.8) is 0 Å². The Labute approximate surface area is 81.3 Å². The number of hydrogen-bond donors (Lipinski definition) is 2. The highest BCUT2D eigenvalue weighted by atomic mass is 16.5. The van der Waals surface area contributed by atoms with E-state index in [9.17, 15) is 0 Å². The highest BCUT2D eigenvalue weighted by Gasteiger charge is 2.16. The van der Waals surface area contributed by atoms with E-state index in [1.54, 1.807) is 6.92 Å². The maximum absolute atomic E-state index is 8.83. The average Bonchev–Trinajstić information content (AvgIpc) is 2.03. The molecule has 1 unspecified atom stereocenters. The monoisotopic (exact) mass is 189 g/mol. The van der Waals surface area contributed by atoms with Crippen LogP contribution >= 0.6 is 0 Å². The van der Waals surface area contributed by atoms with Gasteiger partial charge in [-0.2, -0.15) is 0 Å². The highest BCUT2D eigenvalue weighted by Crippen LogP contribution is 2.04. The molecule has 0 heterocycles. The fraction of sp³-hybridized carbons (Fsp3) is 1.00. The van der Waals surface area contributed by atoms with Crippen LogP contribution in [0.4, 0.5) is 0 Å². The highest BCUT2D eigenvalue weighted by molar-refractivity contribution is 4.76. The molecular weight excluding hydrogens is 166 g/mol. The normalized spacial score (nSPS) is 16.2. The average molecular weight is 189 g/mol. The molecule has 3 N–H and O–H groups in total. The maximum Gasteiger partial charge on any atom is 0.0665 e. The summed E-state index contributed by atoms with van der Waals surface area (Å²) in [4.78, 5) is 0. The van der Waals surface area contributed by atoms with Crippen LogP contribution in [0.3, 0.4) is 0 Å². The molecule has 0 amide bonds. The summed E-state index contributed by atoms with van der Waals surface area (Å²) < 4.78 is 5.35. The van der Waals surface area contributed by atoms with Crippen molar-refractivity contribution in [2.45, 2.75) is 39.2 Å². The largest absolute Gasteiger partial charge is 0.394 e. The van der Waals surface area contributed by atoms with Crippen molar-refractivity contribution in [2.24, 2.45) is 11.7 Å². The van der Waals surface area contributed by atoms with Gasteiger partial charge in [0.15, 0.2) is 0 Å². The van der Waals surface area contributed by atoms with Gasteiger partial charge >= 0.3 is 0 Å². The lowest BCUT2D eigenvalue weighted by molar-refractivity contribution is 0.0600. The molecule has 0 aromatic heterocycles. The molecule has 80 valence electrons. The predicted molar refractivity (Wildman–Crippen MR) is 54.6 cm³/mol. The fourth-order valence-corrected chi connectivity index (χ4v) is 0.945. The van der Waals surface area contributed by atoms with Crippen LogP contribution in [-0.4, -0.2) is 30.5 Å². The van der Waals surface area contributed by atoms with E-state index < -0.39 is 5.54 Å². The molecule has 3 heteroatoms. The summed E-state index contributed by atoms with van der Waals surface area (Å²) >= 11 is 0. The van der Waals surface area contributed by atoms with Gasteiger partial charge in [-0.3, -0.25) is 0 Å². The third-order valence-corrected chi connectivity index (χ3v) is 1.86. The van der Waals surface area contributed by atoms with Crippen LogP contribution in [0.25, 0.3) is 0 Å². The molecular formula is C10H23NO2. The fourth-order valence-electron chi connectivity index (χ4n) is 0.945. The van der Waals surface area contributed by atoms with Crippen molar-refractivity contribution in [1.82, 2.24) is 0 Å². The molecule has 0 aliphatic heterocycles. The van der Waals surface area contributed by atoms with Gasteiger partial charge in [0.05, 0.1) is 18.8 Å². The molecule has 0 aromatic rings. The SMILES string of the molecule is CC(C)CCCOCC(C)(N)CO. The summed E-state index contributed by atoms with van der Waals surface area (Å²) in [5.74, 6) is 0.728. The molecule has 0 rings (SSSR count). The van der Waals surface area contributed by atoms with Gasteiger partial charge in [-0.05, 0) is 25.7 Å². The van der Waals surface area contributed by atoms with Gasteiger partial charge in [-0.15, -0.1) is 0 Å². The van der Waals surface area contributed by atoms with Crippen LogP contribution in [0, 0.1) is 5.92 Å². The van der Waals surface area contributed by atoms with Crippen LogP contribution in [0.1, 0.15) is 33.6 Å². The first-order chi connectivity index (χ1) is 5.98. The van der Waals surface area contributed by atoms with Gasteiger partial charge in [0.25, 0.3) is 0 Å². The number of ether oxygens (including phenoxy) is 1. The first kappa shape index (κ1) is 12.9. The van der Waals surface area contributed by atoms with Crippen molar-refractivity contribution in [3.8, 4) is 0 Å². The lowest BCUT2D eigenvalue weighted by atomic mass is 10.1. The second-order valence-electron chi connectivity index (χ2n) is 4.40. The van der Waals surface area contributed by atoms with Gasteiger partial charge in [-0.1, -0.05) is 13.8 Å². The smallest absolute Gasteiger partial charge is 0.0665 e. The second kappa shape index (κ2) is 6.35. The quantitative estimate of drug-likeness (QED) is 0.591. The first-order valence-electron chi connectivity index (χ1n) is 4.95. The molecule has 0 radical (unpaired) electrons. The molecule has 0 saturated carbocycles. The Morgan fingerprint density at radius 2 is 2.08 bits per heavy atom. The van der Waals surface area contributed by atoms with Gasteiger partial charge in [0, 0.05) is 6.61 Å². The van der Waals surface area contributed by atoms with Crippen LogP contribution < -0.4 is 5.73 Å². The van der Waals surface area contributed by atoms with Crippen LogP contribution in [0.2, 0.25) is 0 Å². The Morgan fingerprint density at radius 3 is 2.54 bits per heavy atom. The molecule has 1 atom stereocenters. The van der Waals surface area contributed by atoms with Crippen LogP contribution in [0.5, 0.6) is 0 Å². The van der Waals surface area contributed by atoms with Crippen LogP contribution in [0.15, 0.2) is 0 Å². The Bertz CT molecular complexity index is 124. The lowest BCUT2D eigenvalue weighted by Crippen LogP contribution is -2.44. The molecule has 0 spiro atoms. The van der Waals surface area contributed by atoms with E-state index in [4.69, 9.17) is 15.6 Å². The van der Waals surface area contributed by atoms with Crippen molar-refractivity contribution in [2.75, 3.05) is 19.8 Å². The van der Waals surface area contributed by atoms with Crippen molar-refractivity contribution in [1.29, 1.82) is 0 Å². The molecule has 0 aliphatic carbocycles. The zero-order chi connectivity index (χ0) is 10.3. The number of aliphatic hydroxyl groups is 1. The standard InChI is InChI=1S/C10H23NO2/c1-9(2)5-4-6-13-8-10(3,11)7-12/h9,12H,4-8,11H2,1-3H3. The third kappa shape index (κ3) is 8.22. The van der Waals surface area contributed by atoms with E-state index in [0.717, 1.165) is 18.9 Å². The Balaban J connectivity index is 3.26. The van der Waals surface area contributed by atoms with E-state index in [2.05, 4.69) is 13.8 Å². The minimum absolute atomic E-state index is 0.0306. The van der Waals surface area contributed by atoms with E-state index in [-0.39, 0.29) is 6.61 Å². The van der Waals surface area contributed by atoms with Crippen molar-refractivity contribution >= 4 is 0 Å². The summed E-state index contributed by atoms with van der Waals surface area (Å²) in [7, 11) is 0. The summed E-state index contributed by atoms with van der Waals surface area (Å²) in [6.45, 7) is 7.32. The Hall–Kier alpha value is -0.120. The molecule has 13 heavy (non-hydrogen) atoms. The van der Waals surface area contributed by atoms with Gasteiger partial charge < -0.3 is 15.6 Å². The van der Waals surface area contributed by atoms with Crippen molar-refractivity contribution in [3.05, 3.63) is 0 Å². The maximum atomic E-state index is 8.83. The first-order valence-corrected chi connectivity index (χ1v) is 4.95. The number of rotatable bonds is 7. The van der Waals surface area contributed by atoms with Gasteiger partial charge in [-0.25, -0.2) is 0 Å². The summed E-state index contributed by atoms with van der Waals surface area (Å²) in [6.07, 6.45) is 2.25. The van der Waals surface area contributed by atoms with E-state index in [1.807, 2.05) is 0 Å². The Morgan fingerprint density at radius 1 is 1.46 bits per heavy atom. The molecule has 0 aromatic carbocycles. The zero-order valence-corrected chi connectivity index (χ0v) is 9.05. The lowest BCUT2D eigenvalue weighted by Gasteiger charge is -2.21. The number of aliphatic hydroxyl groups excluding tert-OH is 1. The third-order valence-electron chi connectivity index (χ3n) is 1.86. The molecule has 3 nitrogen and oxygen atoms in total. The van der Waals surface area contributed by atoms with Crippen LogP contribution in [-0.2, 0) is 4.74 Å². The van der Waals surface area contributed by atoms with Gasteiger partial charge in [0.2, 0.25) is 0 Å². The minimum atomic E-state index is -0.585. The molecule has 0 fully saturated rings. The number of nitrogens with two attached hydrogens (primary N) is 1. The molecule has 0 bridgehead atoms. The molecule has 0 aliphatic rings.